The maximum atomic E-state index is 12.2. The van der Waals surface area contributed by atoms with Crippen molar-refractivity contribution in [3.8, 4) is 17.2 Å². The lowest BCUT2D eigenvalue weighted by atomic mass is 10.1. The van der Waals surface area contributed by atoms with Crippen LogP contribution in [0.4, 0.5) is 0 Å². The molecule has 1 aliphatic heterocycles. The molecule has 0 saturated heterocycles. The molecule has 0 amide bonds. The Hall–Kier alpha value is -2.75. The van der Waals surface area contributed by atoms with E-state index in [1.165, 1.54) is 0 Å². The fourth-order valence-electron chi connectivity index (χ4n) is 2.25. The molecule has 0 unspecified atom stereocenters. The van der Waals surface area contributed by atoms with Gasteiger partial charge in [-0.1, -0.05) is 12.1 Å². The molecule has 0 bridgehead atoms. The Labute approximate surface area is 135 Å². The molecule has 0 fully saturated rings. The average Bonchev–Trinajstić information content (AvgIpc) is 3.00. The quantitative estimate of drug-likeness (QED) is 0.616. The van der Waals surface area contributed by atoms with Crippen LogP contribution in [0.2, 0.25) is 0 Å². The lowest BCUT2D eigenvalue weighted by Gasteiger charge is -2.09. The molecule has 0 aromatic heterocycles. The van der Waals surface area contributed by atoms with E-state index in [-0.39, 0.29) is 18.7 Å². The van der Waals surface area contributed by atoms with E-state index in [0.717, 1.165) is 17.1 Å². The Morgan fingerprint density at radius 2 is 1.83 bits per heavy atom. The van der Waals surface area contributed by atoms with E-state index < -0.39 is 0 Å². The zero-order valence-electron chi connectivity index (χ0n) is 13.1. The Balaban J connectivity index is 1.68. The Morgan fingerprint density at radius 1 is 1.09 bits per heavy atom. The molecule has 1 heterocycles. The summed E-state index contributed by atoms with van der Waals surface area (Å²) >= 11 is 0. The zero-order chi connectivity index (χ0) is 16.2. The standard InChI is InChI=1S/C19H18O4/c1-13(2)23-16-7-5-15(6-8-16)17(20)9-3-14-4-10-18-19(11-14)22-12-21-18/h3-11,13H,12H2,1-2H3. The second-order valence-corrected chi connectivity index (χ2v) is 5.50. The van der Waals surface area contributed by atoms with E-state index in [1.54, 1.807) is 24.3 Å². The summed E-state index contributed by atoms with van der Waals surface area (Å²) in [6, 6.07) is 12.7. The first kappa shape index (κ1) is 15.2. The molecule has 4 nitrogen and oxygen atoms in total. The van der Waals surface area contributed by atoms with Gasteiger partial charge in [-0.25, -0.2) is 0 Å². The fraction of sp³-hybridized carbons (Fsp3) is 0.211. The molecule has 0 N–H and O–H groups in total. The van der Waals surface area contributed by atoms with Gasteiger partial charge >= 0.3 is 0 Å². The highest BCUT2D eigenvalue weighted by Gasteiger charge is 2.12. The van der Waals surface area contributed by atoms with Crippen LogP contribution < -0.4 is 14.2 Å². The van der Waals surface area contributed by atoms with Gasteiger partial charge in [0.1, 0.15) is 5.75 Å². The summed E-state index contributed by atoms with van der Waals surface area (Å²) in [5.41, 5.74) is 1.51. The van der Waals surface area contributed by atoms with Crippen LogP contribution in [0.5, 0.6) is 17.2 Å². The highest BCUT2D eigenvalue weighted by molar-refractivity contribution is 6.06. The predicted octanol–water partition coefficient (Wildman–Crippen LogP) is 4.10. The van der Waals surface area contributed by atoms with Crippen LogP contribution in [0.1, 0.15) is 29.8 Å². The molecule has 0 spiro atoms. The Bertz CT molecular complexity index is 730. The molecule has 1 aliphatic rings. The molecule has 0 atom stereocenters. The summed E-state index contributed by atoms with van der Waals surface area (Å²) in [4.78, 5) is 12.2. The molecular formula is C19H18O4. The SMILES string of the molecule is CC(C)Oc1ccc(C(=O)C=Cc2ccc3c(c2)OCO3)cc1. The lowest BCUT2D eigenvalue weighted by molar-refractivity contribution is 0.104. The van der Waals surface area contributed by atoms with Gasteiger partial charge < -0.3 is 14.2 Å². The number of benzene rings is 2. The van der Waals surface area contributed by atoms with Crippen molar-refractivity contribution in [3.63, 3.8) is 0 Å². The van der Waals surface area contributed by atoms with E-state index in [4.69, 9.17) is 14.2 Å². The monoisotopic (exact) mass is 310 g/mol. The van der Waals surface area contributed by atoms with Crippen LogP contribution in [0.3, 0.4) is 0 Å². The average molecular weight is 310 g/mol. The molecule has 2 aromatic rings. The maximum absolute atomic E-state index is 12.2. The molecule has 3 rings (SSSR count). The van der Waals surface area contributed by atoms with Crippen LogP contribution >= 0.6 is 0 Å². The summed E-state index contributed by atoms with van der Waals surface area (Å²) in [5.74, 6) is 2.14. The molecule has 0 saturated carbocycles. The first-order valence-corrected chi connectivity index (χ1v) is 7.50. The van der Waals surface area contributed by atoms with Crippen molar-refractivity contribution in [2.75, 3.05) is 6.79 Å². The Morgan fingerprint density at radius 3 is 2.57 bits per heavy atom. The van der Waals surface area contributed by atoms with Crippen molar-refractivity contribution in [3.05, 3.63) is 59.7 Å². The van der Waals surface area contributed by atoms with Gasteiger partial charge in [-0.3, -0.25) is 4.79 Å². The number of ether oxygens (including phenoxy) is 3. The minimum atomic E-state index is -0.0567. The maximum Gasteiger partial charge on any atom is 0.231 e. The first-order chi connectivity index (χ1) is 11.1. The van der Waals surface area contributed by atoms with Crippen LogP contribution in [0.15, 0.2) is 48.5 Å². The van der Waals surface area contributed by atoms with Crippen molar-refractivity contribution in [2.45, 2.75) is 20.0 Å². The number of ketones is 1. The van der Waals surface area contributed by atoms with Crippen LogP contribution in [0.25, 0.3) is 6.08 Å². The lowest BCUT2D eigenvalue weighted by Crippen LogP contribution is -2.05. The third-order valence-electron chi connectivity index (χ3n) is 3.33. The number of rotatable bonds is 5. The predicted molar refractivity (Wildman–Crippen MR) is 88.1 cm³/mol. The molecule has 23 heavy (non-hydrogen) atoms. The van der Waals surface area contributed by atoms with Crippen LogP contribution in [0, 0.1) is 0 Å². The zero-order valence-corrected chi connectivity index (χ0v) is 13.1. The third-order valence-corrected chi connectivity index (χ3v) is 3.33. The van der Waals surface area contributed by atoms with Gasteiger partial charge in [0.2, 0.25) is 6.79 Å². The van der Waals surface area contributed by atoms with E-state index >= 15 is 0 Å². The van der Waals surface area contributed by atoms with Crippen molar-refractivity contribution >= 4 is 11.9 Å². The fourth-order valence-corrected chi connectivity index (χ4v) is 2.25. The summed E-state index contributed by atoms with van der Waals surface area (Å²) in [7, 11) is 0. The molecule has 0 radical (unpaired) electrons. The topological polar surface area (TPSA) is 44.8 Å². The van der Waals surface area contributed by atoms with E-state index in [2.05, 4.69) is 0 Å². The molecule has 0 aliphatic carbocycles. The van der Waals surface area contributed by atoms with E-state index in [0.29, 0.717) is 11.3 Å². The number of allylic oxidation sites excluding steroid dienone is 1. The normalized spacial score (nSPS) is 12.8. The molecule has 2 aromatic carbocycles. The van der Waals surface area contributed by atoms with Crippen molar-refractivity contribution in [1.82, 2.24) is 0 Å². The molecular weight excluding hydrogens is 292 g/mol. The number of hydrogen-bond donors (Lipinski definition) is 0. The summed E-state index contributed by atoms with van der Waals surface area (Å²) < 4.78 is 16.1. The van der Waals surface area contributed by atoms with Gasteiger partial charge in [0, 0.05) is 5.56 Å². The number of fused-ring (bicyclic) bond motifs is 1. The van der Waals surface area contributed by atoms with Gasteiger partial charge in [-0.15, -0.1) is 0 Å². The summed E-state index contributed by atoms with van der Waals surface area (Å²) in [6.45, 7) is 4.17. The minimum Gasteiger partial charge on any atom is -0.491 e. The smallest absolute Gasteiger partial charge is 0.231 e. The highest BCUT2D eigenvalue weighted by Crippen LogP contribution is 2.32. The van der Waals surface area contributed by atoms with Gasteiger partial charge in [0.15, 0.2) is 17.3 Å². The largest absolute Gasteiger partial charge is 0.491 e. The van der Waals surface area contributed by atoms with Gasteiger partial charge in [0.25, 0.3) is 0 Å². The van der Waals surface area contributed by atoms with Crippen LogP contribution in [-0.2, 0) is 0 Å². The van der Waals surface area contributed by atoms with Gasteiger partial charge in [0.05, 0.1) is 6.10 Å². The van der Waals surface area contributed by atoms with Crippen molar-refractivity contribution < 1.29 is 19.0 Å². The highest BCUT2D eigenvalue weighted by atomic mass is 16.7. The van der Waals surface area contributed by atoms with E-state index in [1.807, 2.05) is 44.2 Å². The van der Waals surface area contributed by atoms with Gasteiger partial charge in [-0.2, -0.15) is 0 Å². The number of hydrogen-bond acceptors (Lipinski definition) is 4. The third kappa shape index (κ3) is 3.72. The van der Waals surface area contributed by atoms with Crippen LogP contribution in [-0.4, -0.2) is 18.7 Å². The second-order valence-electron chi connectivity index (χ2n) is 5.50. The summed E-state index contributed by atoms with van der Waals surface area (Å²) in [6.07, 6.45) is 3.43. The minimum absolute atomic E-state index is 0.0567. The second kappa shape index (κ2) is 6.57. The summed E-state index contributed by atoms with van der Waals surface area (Å²) in [5, 5.41) is 0. The van der Waals surface area contributed by atoms with Crippen molar-refractivity contribution in [1.29, 1.82) is 0 Å². The molecule has 118 valence electrons. The first-order valence-electron chi connectivity index (χ1n) is 7.50. The van der Waals surface area contributed by atoms with E-state index in [9.17, 15) is 4.79 Å². The molecule has 4 heteroatoms. The Kier molecular flexibility index (Phi) is 4.33. The number of carbonyl (C=O) groups is 1. The van der Waals surface area contributed by atoms with Gasteiger partial charge in [-0.05, 0) is 61.9 Å². The number of carbonyl (C=O) groups excluding carboxylic acids is 1. The van der Waals surface area contributed by atoms with Crippen molar-refractivity contribution in [2.24, 2.45) is 0 Å².